The molecule has 0 unspecified atom stereocenters. The highest BCUT2D eigenvalue weighted by Crippen LogP contribution is 2.31. The van der Waals surface area contributed by atoms with Crippen LogP contribution in [0.25, 0.3) is 0 Å². The van der Waals surface area contributed by atoms with Crippen LogP contribution in [0.2, 0.25) is 0 Å². The molecule has 1 N–H and O–H groups in total. The first kappa shape index (κ1) is 16.7. The van der Waals surface area contributed by atoms with Crippen LogP contribution in [0.5, 0.6) is 0 Å². The van der Waals surface area contributed by atoms with Crippen LogP contribution in [0.3, 0.4) is 0 Å². The van der Waals surface area contributed by atoms with Crippen molar-refractivity contribution < 1.29 is 14.7 Å². The van der Waals surface area contributed by atoms with Crippen LogP contribution in [0.1, 0.15) is 23.2 Å². The molecule has 1 amide bonds. The quantitative estimate of drug-likeness (QED) is 0.411. The lowest BCUT2D eigenvalue weighted by Crippen LogP contribution is -2.37. The summed E-state index contributed by atoms with van der Waals surface area (Å²) in [5, 5.41) is 8.99. The van der Waals surface area contributed by atoms with Crippen molar-refractivity contribution in [3.05, 3.63) is 28.4 Å². The van der Waals surface area contributed by atoms with E-state index in [4.69, 9.17) is 5.11 Å². The molecule has 1 fully saturated rings. The first-order valence-corrected chi connectivity index (χ1v) is 9.27. The molecule has 1 aliphatic carbocycles. The average molecular weight is 611 g/mol. The highest BCUT2D eigenvalue weighted by atomic mass is 127. The number of rotatable bonds is 5. The summed E-state index contributed by atoms with van der Waals surface area (Å²) in [4.78, 5) is 25.0. The summed E-state index contributed by atoms with van der Waals surface area (Å²) in [6, 6.07) is 3.83. The number of benzene rings is 1. The van der Waals surface area contributed by atoms with E-state index in [1.807, 2.05) is 12.1 Å². The van der Waals surface area contributed by atoms with Crippen LogP contribution in [0, 0.1) is 16.6 Å². The van der Waals surface area contributed by atoms with Gasteiger partial charge in [0.2, 0.25) is 0 Å². The van der Waals surface area contributed by atoms with Gasteiger partial charge >= 0.3 is 5.97 Å². The molecule has 0 radical (unpaired) electrons. The van der Waals surface area contributed by atoms with Gasteiger partial charge in [-0.3, -0.25) is 9.59 Å². The maximum Gasteiger partial charge on any atom is 0.323 e. The van der Waals surface area contributed by atoms with Crippen molar-refractivity contribution in [3.8, 4) is 0 Å². The molecular formula is C13H12I3NO3. The van der Waals surface area contributed by atoms with Gasteiger partial charge in [-0.2, -0.15) is 0 Å². The fraction of sp³-hybridized carbons (Fsp3) is 0.385. The van der Waals surface area contributed by atoms with Gasteiger partial charge in [0.15, 0.2) is 0 Å². The van der Waals surface area contributed by atoms with Crippen molar-refractivity contribution in [1.29, 1.82) is 0 Å². The zero-order valence-electron chi connectivity index (χ0n) is 10.4. The summed E-state index contributed by atoms with van der Waals surface area (Å²) >= 11 is 6.52. The molecule has 1 aliphatic rings. The predicted octanol–water partition coefficient (Wildman–Crippen LogP) is 3.44. The van der Waals surface area contributed by atoms with E-state index in [1.165, 1.54) is 4.90 Å². The van der Waals surface area contributed by atoms with E-state index in [-0.39, 0.29) is 12.5 Å². The van der Waals surface area contributed by atoms with Crippen molar-refractivity contribution in [2.75, 3.05) is 13.1 Å². The standard InChI is InChI=1S/C13H12I3NO3/c14-8-3-9(12(16)10(15)4-8)13(20)17(6-11(18)19)5-7-1-2-7/h3-4,7H,1-2,5-6H2,(H,18,19). The molecule has 0 atom stereocenters. The summed E-state index contributed by atoms with van der Waals surface area (Å²) in [6.07, 6.45) is 2.18. The fourth-order valence-electron chi connectivity index (χ4n) is 1.88. The Hall–Kier alpha value is 0.350. The fourth-order valence-corrected chi connectivity index (χ4v) is 4.26. The van der Waals surface area contributed by atoms with E-state index in [2.05, 4.69) is 67.8 Å². The molecule has 108 valence electrons. The number of hydrogen-bond acceptors (Lipinski definition) is 2. The Morgan fingerprint density at radius 1 is 1.25 bits per heavy atom. The second-order valence-corrected chi connectivity index (χ2v) is 8.26. The molecule has 1 aromatic carbocycles. The SMILES string of the molecule is O=C(O)CN(CC1CC1)C(=O)c1cc(I)cc(I)c1I. The van der Waals surface area contributed by atoms with Gasteiger partial charge < -0.3 is 10.0 Å². The zero-order chi connectivity index (χ0) is 14.9. The lowest BCUT2D eigenvalue weighted by molar-refractivity contribution is -0.137. The lowest BCUT2D eigenvalue weighted by Gasteiger charge is -2.21. The first-order valence-electron chi connectivity index (χ1n) is 6.04. The molecule has 0 spiro atoms. The van der Waals surface area contributed by atoms with Gasteiger partial charge in [0, 0.05) is 17.3 Å². The van der Waals surface area contributed by atoms with Gasteiger partial charge in [-0.1, -0.05) is 0 Å². The summed E-state index contributed by atoms with van der Waals surface area (Å²) in [7, 11) is 0. The highest BCUT2D eigenvalue weighted by molar-refractivity contribution is 14.1. The Bertz CT molecular complexity index is 558. The molecule has 1 saturated carbocycles. The van der Waals surface area contributed by atoms with Crippen LogP contribution >= 0.6 is 67.8 Å². The van der Waals surface area contributed by atoms with Gasteiger partial charge in [0.25, 0.3) is 5.91 Å². The molecule has 20 heavy (non-hydrogen) atoms. The summed E-state index contributed by atoms with van der Waals surface area (Å²) in [5.74, 6) is -0.674. The van der Waals surface area contributed by atoms with Crippen LogP contribution in [-0.4, -0.2) is 35.0 Å². The maximum atomic E-state index is 12.6. The second kappa shape index (κ2) is 7.07. The van der Waals surface area contributed by atoms with E-state index in [9.17, 15) is 9.59 Å². The zero-order valence-corrected chi connectivity index (χ0v) is 16.9. The molecule has 0 bridgehead atoms. The minimum atomic E-state index is -0.964. The lowest BCUT2D eigenvalue weighted by atomic mass is 10.2. The molecule has 7 heteroatoms. The molecule has 0 aromatic heterocycles. The van der Waals surface area contributed by atoms with E-state index in [0.29, 0.717) is 18.0 Å². The first-order chi connectivity index (χ1) is 9.38. The third-order valence-corrected chi connectivity index (χ3v) is 6.68. The summed E-state index contributed by atoms with van der Waals surface area (Å²) in [6.45, 7) is 0.316. The summed E-state index contributed by atoms with van der Waals surface area (Å²) in [5.41, 5.74) is 0.601. The number of carboxylic acid groups (broad SMARTS) is 1. The van der Waals surface area contributed by atoms with E-state index in [1.54, 1.807) is 0 Å². The number of amides is 1. The molecule has 2 rings (SSSR count). The predicted molar refractivity (Wildman–Crippen MR) is 101 cm³/mol. The summed E-state index contributed by atoms with van der Waals surface area (Å²) < 4.78 is 2.89. The normalized spacial score (nSPS) is 14.2. The van der Waals surface area contributed by atoms with Crippen molar-refractivity contribution in [3.63, 3.8) is 0 Å². The van der Waals surface area contributed by atoms with Gasteiger partial charge in [-0.25, -0.2) is 0 Å². The molecule has 0 aliphatic heterocycles. The topological polar surface area (TPSA) is 57.6 Å². The minimum Gasteiger partial charge on any atom is -0.480 e. The maximum absolute atomic E-state index is 12.6. The number of carbonyl (C=O) groups excluding carboxylic acids is 1. The third-order valence-electron chi connectivity index (χ3n) is 3.01. The van der Waals surface area contributed by atoms with Crippen molar-refractivity contribution in [2.45, 2.75) is 12.8 Å². The monoisotopic (exact) mass is 611 g/mol. The number of carboxylic acids is 1. The Morgan fingerprint density at radius 3 is 2.45 bits per heavy atom. The third kappa shape index (κ3) is 4.42. The Labute approximate surface area is 158 Å². The number of nitrogens with zero attached hydrogens (tertiary/aromatic N) is 1. The highest BCUT2D eigenvalue weighted by Gasteiger charge is 2.29. The average Bonchev–Trinajstić information content (AvgIpc) is 3.15. The number of halogens is 3. The number of carbonyl (C=O) groups is 2. The Balaban J connectivity index is 2.28. The Morgan fingerprint density at radius 2 is 1.90 bits per heavy atom. The molecule has 0 saturated heterocycles. The van der Waals surface area contributed by atoms with Gasteiger partial charge in [-0.05, 0) is 98.7 Å². The van der Waals surface area contributed by atoms with Crippen LogP contribution in [-0.2, 0) is 4.79 Å². The van der Waals surface area contributed by atoms with Crippen molar-refractivity contribution in [2.24, 2.45) is 5.92 Å². The second-order valence-electron chi connectivity index (χ2n) is 4.77. The Kier molecular flexibility index (Phi) is 5.91. The number of aliphatic carboxylic acids is 1. The van der Waals surface area contributed by atoms with Gasteiger partial charge in [-0.15, -0.1) is 0 Å². The number of hydrogen-bond donors (Lipinski definition) is 1. The van der Waals surface area contributed by atoms with Crippen LogP contribution in [0.15, 0.2) is 12.1 Å². The van der Waals surface area contributed by atoms with E-state index in [0.717, 1.165) is 23.6 Å². The molecular weight excluding hydrogens is 599 g/mol. The van der Waals surface area contributed by atoms with Crippen molar-refractivity contribution >= 4 is 79.6 Å². The smallest absolute Gasteiger partial charge is 0.323 e. The molecule has 4 nitrogen and oxygen atoms in total. The van der Waals surface area contributed by atoms with Crippen LogP contribution in [0.4, 0.5) is 0 Å². The largest absolute Gasteiger partial charge is 0.480 e. The molecule has 1 aromatic rings. The van der Waals surface area contributed by atoms with Gasteiger partial charge in [0.05, 0.1) is 5.56 Å². The van der Waals surface area contributed by atoms with E-state index >= 15 is 0 Å². The molecule has 0 heterocycles. The van der Waals surface area contributed by atoms with Crippen molar-refractivity contribution in [1.82, 2.24) is 4.90 Å². The van der Waals surface area contributed by atoms with E-state index < -0.39 is 5.97 Å². The van der Waals surface area contributed by atoms with Gasteiger partial charge in [0.1, 0.15) is 6.54 Å². The van der Waals surface area contributed by atoms with Crippen LogP contribution < -0.4 is 0 Å². The minimum absolute atomic E-state index is 0.180.